The molecule has 0 aliphatic carbocycles. The number of halogens is 1. The number of hydrogen-bond donors (Lipinski definition) is 2. The van der Waals surface area contributed by atoms with E-state index in [2.05, 4.69) is 19.2 Å². The van der Waals surface area contributed by atoms with Gasteiger partial charge in [0, 0.05) is 17.6 Å². The third-order valence-electron chi connectivity index (χ3n) is 2.76. The summed E-state index contributed by atoms with van der Waals surface area (Å²) >= 11 is 0. The predicted molar refractivity (Wildman–Crippen MR) is 78.1 cm³/mol. The van der Waals surface area contributed by atoms with Crippen molar-refractivity contribution in [3.63, 3.8) is 0 Å². The highest BCUT2D eigenvalue weighted by Gasteiger charge is 2.26. The molecule has 1 unspecified atom stereocenters. The second-order valence-electron chi connectivity index (χ2n) is 5.18. The number of carbonyl (C=O) groups excluding carboxylic acids is 1. The fraction of sp³-hybridized carbons (Fsp3) is 0.500. The molecule has 0 heterocycles. The molecule has 1 aromatic carbocycles. The average molecular weight is 271 g/mol. The van der Waals surface area contributed by atoms with E-state index in [0.29, 0.717) is 18.0 Å². The maximum atomic E-state index is 12.0. The van der Waals surface area contributed by atoms with Crippen LogP contribution >= 0.6 is 12.4 Å². The van der Waals surface area contributed by atoms with Crippen molar-refractivity contribution in [2.75, 3.05) is 6.54 Å². The van der Waals surface area contributed by atoms with Crippen LogP contribution in [-0.2, 0) is 0 Å². The lowest BCUT2D eigenvalue weighted by molar-refractivity contribution is 0.0898. The zero-order valence-electron chi connectivity index (χ0n) is 11.3. The van der Waals surface area contributed by atoms with E-state index >= 15 is 0 Å². The maximum Gasteiger partial charge on any atom is 0.251 e. The highest BCUT2D eigenvalue weighted by molar-refractivity contribution is 5.94. The zero-order valence-corrected chi connectivity index (χ0v) is 12.1. The van der Waals surface area contributed by atoms with E-state index < -0.39 is 0 Å². The molecule has 0 bridgehead atoms. The number of amides is 1. The topological polar surface area (TPSA) is 55.1 Å². The molecule has 3 N–H and O–H groups in total. The van der Waals surface area contributed by atoms with Gasteiger partial charge in [0.2, 0.25) is 0 Å². The molecule has 1 atom stereocenters. The van der Waals surface area contributed by atoms with Crippen LogP contribution in [0.2, 0.25) is 0 Å². The summed E-state index contributed by atoms with van der Waals surface area (Å²) in [5.41, 5.74) is 6.11. The summed E-state index contributed by atoms with van der Waals surface area (Å²) in [5.74, 6) is 0.443. The Morgan fingerprint density at radius 3 is 2.33 bits per heavy atom. The number of nitrogens with one attached hydrogen (secondary N) is 1. The highest BCUT2D eigenvalue weighted by atomic mass is 35.5. The van der Waals surface area contributed by atoms with Gasteiger partial charge in [-0.25, -0.2) is 0 Å². The molecule has 0 saturated heterocycles. The lowest BCUT2D eigenvalue weighted by atomic mass is 9.90. The number of benzene rings is 1. The van der Waals surface area contributed by atoms with Gasteiger partial charge in [-0.15, -0.1) is 12.4 Å². The van der Waals surface area contributed by atoms with Crippen LogP contribution in [0.15, 0.2) is 30.3 Å². The number of nitrogens with two attached hydrogens (primary N) is 1. The molecule has 1 amide bonds. The first-order valence-electron chi connectivity index (χ1n) is 6.04. The Morgan fingerprint density at radius 1 is 1.33 bits per heavy atom. The van der Waals surface area contributed by atoms with Gasteiger partial charge >= 0.3 is 0 Å². The van der Waals surface area contributed by atoms with Crippen molar-refractivity contribution >= 4 is 18.3 Å². The van der Waals surface area contributed by atoms with Crippen LogP contribution in [0.5, 0.6) is 0 Å². The van der Waals surface area contributed by atoms with Crippen LogP contribution in [0.4, 0.5) is 0 Å². The van der Waals surface area contributed by atoms with E-state index in [9.17, 15) is 4.79 Å². The Balaban J connectivity index is 0.00000289. The van der Waals surface area contributed by atoms with Gasteiger partial charge in [-0.3, -0.25) is 4.79 Å². The first-order chi connectivity index (χ1) is 7.97. The second kappa shape index (κ2) is 7.39. The Labute approximate surface area is 116 Å². The third kappa shape index (κ3) is 5.07. The van der Waals surface area contributed by atoms with Crippen LogP contribution in [0.25, 0.3) is 0 Å². The number of rotatable bonds is 5. The van der Waals surface area contributed by atoms with E-state index in [1.165, 1.54) is 0 Å². The summed E-state index contributed by atoms with van der Waals surface area (Å²) in [5, 5.41) is 3.03. The molecule has 1 aromatic rings. The molecule has 0 radical (unpaired) electrons. The van der Waals surface area contributed by atoms with Gasteiger partial charge in [-0.05, 0) is 31.4 Å². The highest BCUT2D eigenvalue weighted by Crippen LogP contribution is 2.16. The van der Waals surface area contributed by atoms with Crippen LogP contribution in [0, 0.1) is 5.92 Å². The minimum Gasteiger partial charge on any atom is -0.346 e. The zero-order chi connectivity index (χ0) is 12.9. The summed E-state index contributed by atoms with van der Waals surface area (Å²) in [6, 6.07) is 9.23. The normalized spacial score (nSPS) is 13.6. The van der Waals surface area contributed by atoms with E-state index in [1.54, 1.807) is 0 Å². The number of carbonyl (C=O) groups is 1. The Hall–Kier alpha value is -1.06. The van der Waals surface area contributed by atoms with Crippen molar-refractivity contribution in [1.29, 1.82) is 0 Å². The first kappa shape index (κ1) is 16.9. The second-order valence-corrected chi connectivity index (χ2v) is 5.18. The molecule has 0 spiro atoms. The lowest BCUT2D eigenvalue weighted by Crippen LogP contribution is -2.52. The Morgan fingerprint density at radius 2 is 1.89 bits per heavy atom. The van der Waals surface area contributed by atoms with Crippen LogP contribution in [-0.4, -0.2) is 18.0 Å². The molecule has 1 rings (SSSR count). The molecule has 0 aliphatic heterocycles. The third-order valence-corrected chi connectivity index (χ3v) is 2.76. The smallest absolute Gasteiger partial charge is 0.251 e. The summed E-state index contributed by atoms with van der Waals surface area (Å²) < 4.78 is 0. The monoisotopic (exact) mass is 270 g/mol. The van der Waals surface area contributed by atoms with Crippen molar-refractivity contribution in [2.24, 2.45) is 11.7 Å². The molecule has 18 heavy (non-hydrogen) atoms. The van der Waals surface area contributed by atoms with Gasteiger partial charge in [0.25, 0.3) is 5.91 Å². The Bertz CT molecular complexity index is 367. The van der Waals surface area contributed by atoms with Gasteiger partial charge in [0.1, 0.15) is 0 Å². The van der Waals surface area contributed by atoms with Crippen LogP contribution in [0.1, 0.15) is 37.6 Å². The summed E-state index contributed by atoms with van der Waals surface area (Å²) in [6.07, 6.45) is 0.877. The standard InChI is InChI=1S/C14H22N2O.ClH/c1-11(2)9-14(3,10-15)16-13(17)12-7-5-4-6-8-12;/h4-8,11H,9-10,15H2,1-3H3,(H,16,17);1H. The molecule has 102 valence electrons. The SMILES string of the molecule is CC(C)CC(C)(CN)NC(=O)c1ccccc1.Cl. The van der Waals surface area contributed by atoms with Crippen LogP contribution in [0.3, 0.4) is 0 Å². The molecule has 0 saturated carbocycles. The molecule has 0 aromatic heterocycles. The van der Waals surface area contributed by atoms with Gasteiger partial charge in [-0.1, -0.05) is 32.0 Å². The summed E-state index contributed by atoms with van der Waals surface area (Å²) in [6.45, 7) is 6.70. The number of hydrogen-bond acceptors (Lipinski definition) is 2. The lowest BCUT2D eigenvalue weighted by Gasteiger charge is -2.31. The summed E-state index contributed by atoms with van der Waals surface area (Å²) in [7, 11) is 0. The van der Waals surface area contributed by atoms with Gasteiger partial charge in [0.05, 0.1) is 0 Å². The van der Waals surface area contributed by atoms with Crippen molar-refractivity contribution < 1.29 is 4.79 Å². The van der Waals surface area contributed by atoms with E-state index in [1.807, 2.05) is 37.3 Å². The molecule has 4 heteroatoms. The fourth-order valence-corrected chi connectivity index (χ4v) is 2.02. The fourth-order valence-electron chi connectivity index (χ4n) is 2.02. The molecule has 0 aliphatic rings. The predicted octanol–water partition coefficient (Wildman–Crippen LogP) is 2.60. The average Bonchev–Trinajstić information content (AvgIpc) is 2.29. The molecule has 3 nitrogen and oxygen atoms in total. The first-order valence-corrected chi connectivity index (χ1v) is 6.04. The van der Waals surface area contributed by atoms with E-state index in [4.69, 9.17) is 5.73 Å². The quantitative estimate of drug-likeness (QED) is 0.864. The maximum absolute atomic E-state index is 12.0. The van der Waals surface area contributed by atoms with Gasteiger partial charge in [0.15, 0.2) is 0 Å². The van der Waals surface area contributed by atoms with Gasteiger partial charge < -0.3 is 11.1 Å². The van der Waals surface area contributed by atoms with E-state index in [0.717, 1.165) is 6.42 Å². The van der Waals surface area contributed by atoms with Gasteiger partial charge in [-0.2, -0.15) is 0 Å². The molecular formula is C14H23ClN2O. The Kier molecular flexibility index (Phi) is 6.96. The largest absolute Gasteiger partial charge is 0.346 e. The molecular weight excluding hydrogens is 248 g/mol. The van der Waals surface area contributed by atoms with Crippen LogP contribution < -0.4 is 11.1 Å². The van der Waals surface area contributed by atoms with Crippen molar-refractivity contribution in [2.45, 2.75) is 32.7 Å². The minimum absolute atomic E-state index is 0. The van der Waals surface area contributed by atoms with Crippen molar-refractivity contribution in [3.05, 3.63) is 35.9 Å². The van der Waals surface area contributed by atoms with Crippen molar-refractivity contribution in [3.8, 4) is 0 Å². The van der Waals surface area contributed by atoms with Crippen molar-refractivity contribution in [1.82, 2.24) is 5.32 Å². The van der Waals surface area contributed by atoms with E-state index in [-0.39, 0.29) is 23.9 Å². The minimum atomic E-state index is -0.332. The summed E-state index contributed by atoms with van der Waals surface area (Å²) in [4.78, 5) is 12.0. The molecule has 0 fully saturated rings.